The molecule has 0 bridgehead atoms. The van der Waals surface area contributed by atoms with Gasteiger partial charge in [-0.2, -0.15) is 0 Å². The van der Waals surface area contributed by atoms with E-state index in [1.165, 1.54) is 22.1 Å². The molecular formula is C17H12N2. The van der Waals surface area contributed by atoms with Gasteiger partial charge in [-0.15, -0.1) is 0 Å². The van der Waals surface area contributed by atoms with E-state index >= 15 is 0 Å². The van der Waals surface area contributed by atoms with E-state index in [1.54, 1.807) is 0 Å². The summed E-state index contributed by atoms with van der Waals surface area (Å²) in [4.78, 5) is 7.73. The van der Waals surface area contributed by atoms with Crippen LogP contribution in [0.25, 0.3) is 22.6 Å². The Hall–Kier alpha value is -2.61. The summed E-state index contributed by atoms with van der Waals surface area (Å²) in [5.41, 5.74) is 5.79. The summed E-state index contributed by atoms with van der Waals surface area (Å²) in [5.74, 6) is 0. The van der Waals surface area contributed by atoms with E-state index in [-0.39, 0.29) is 0 Å². The number of hydrogen-bond donors (Lipinski definition) is 1. The van der Waals surface area contributed by atoms with Crippen molar-refractivity contribution in [1.29, 1.82) is 0 Å². The van der Waals surface area contributed by atoms with Crippen molar-refractivity contribution in [3.63, 3.8) is 0 Å². The molecule has 0 atom stereocenters. The maximum absolute atomic E-state index is 4.44. The lowest BCUT2D eigenvalue weighted by Crippen LogP contribution is -1.79. The van der Waals surface area contributed by atoms with Crippen LogP contribution in [0.5, 0.6) is 0 Å². The number of para-hydroxylation sites is 2. The summed E-state index contributed by atoms with van der Waals surface area (Å²) < 4.78 is 0. The van der Waals surface area contributed by atoms with E-state index in [9.17, 15) is 0 Å². The van der Waals surface area contributed by atoms with Crippen LogP contribution in [0.3, 0.4) is 0 Å². The number of aromatic nitrogens is 1. The highest BCUT2D eigenvalue weighted by Gasteiger charge is 2.11. The first-order chi connectivity index (χ1) is 9.42. The lowest BCUT2D eigenvalue weighted by molar-refractivity contribution is 1.47. The van der Waals surface area contributed by atoms with Crippen molar-refractivity contribution in [2.24, 2.45) is 4.99 Å². The molecule has 1 aromatic heterocycles. The highest BCUT2D eigenvalue weighted by atomic mass is 14.8. The lowest BCUT2D eigenvalue weighted by atomic mass is 10.0. The Morgan fingerprint density at radius 1 is 0.947 bits per heavy atom. The number of nitrogens with one attached hydrogen (secondary N) is 1. The van der Waals surface area contributed by atoms with Gasteiger partial charge in [-0.25, -0.2) is 0 Å². The Morgan fingerprint density at radius 2 is 1.79 bits per heavy atom. The van der Waals surface area contributed by atoms with Gasteiger partial charge in [0.25, 0.3) is 0 Å². The number of nitrogens with zero attached hydrogens (tertiary/aromatic N) is 1. The molecule has 2 heterocycles. The van der Waals surface area contributed by atoms with E-state index in [0.29, 0.717) is 0 Å². The predicted molar refractivity (Wildman–Crippen MR) is 80.8 cm³/mol. The fourth-order valence-electron chi connectivity index (χ4n) is 2.53. The Labute approximate surface area is 111 Å². The Balaban J connectivity index is 1.88. The van der Waals surface area contributed by atoms with E-state index < -0.39 is 0 Å². The zero-order valence-electron chi connectivity index (χ0n) is 10.3. The topological polar surface area (TPSA) is 28.1 Å². The molecule has 2 nitrogen and oxygen atoms in total. The molecule has 0 saturated heterocycles. The number of benzene rings is 2. The first-order valence-corrected chi connectivity index (χ1v) is 6.33. The van der Waals surface area contributed by atoms with Crippen LogP contribution in [0, 0.1) is 0 Å². The van der Waals surface area contributed by atoms with Gasteiger partial charge >= 0.3 is 0 Å². The van der Waals surface area contributed by atoms with Crippen molar-refractivity contribution in [2.45, 2.75) is 0 Å². The molecule has 0 radical (unpaired) electrons. The number of hydrogen-bond acceptors (Lipinski definition) is 1. The third kappa shape index (κ3) is 1.61. The molecule has 1 aliphatic heterocycles. The van der Waals surface area contributed by atoms with Gasteiger partial charge in [-0.05, 0) is 18.2 Å². The van der Waals surface area contributed by atoms with Gasteiger partial charge in [0.15, 0.2) is 0 Å². The molecule has 0 unspecified atom stereocenters. The van der Waals surface area contributed by atoms with Gasteiger partial charge < -0.3 is 4.98 Å². The summed E-state index contributed by atoms with van der Waals surface area (Å²) in [5, 5.41) is 1.24. The van der Waals surface area contributed by atoms with Gasteiger partial charge in [0.1, 0.15) is 0 Å². The second-order valence-electron chi connectivity index (χ2n) is 4.66. The van der Waals surface area contributed by atoms with Gasteiger partial charge in [0, 0.05) is 40.0 Å². The third-order valence-corrected chi connectivity index (χ3v) is 3.49. The van der Waals surface area contributed by atoms with E-state index in [2.05, 4.69) is 46.4 Å². The van der Waals surface area contributed by atoms with Gasteiger partial charge in [0.2, 0.25) is 0 Å². The van der Waals surface area contributed by atoms with Crippen molar-refractivity contribution < 1.29 is 0 Å². The Morgan fingerprint density at radius 3 is 2.79 bits per heavy atom. The van der Waals surface area contributed by atoms with Crippen LogP contribution in [0.2, 0.25) is 0 Å². The molecule has 2 heteroatoms. The minimum atomic E-state index is 1.05. The molecule has 90 valence electrons. The van der Waals surface area contributed by atoms with Crippen LogP contribution < -0.4 is 0 Å². The lowest BCUT2D eigenvalue weighted by Gasteiger charge is -1.98. The van der Waals surface area contributed by atoms with Crippen LogP contribution in [0.4, 0.5) is 5.69 Å². The maximum Gasteiger partial charge on any atom is 0.0708 e. The molecule has 0 fully saturated rings. The monoisotopic (exact) mass is 244 g/mol. The molecular weight excluding hydrogens is 232 g/mol. The maximum atomic E-state index is 4.44. The average Bonchev–Trinajstić information content (AvgIpc) is 3.05. The minimum Gasteiger partial charge on any atom is -0.361 e. The van der Waals surface area contributed by atoms with Crippen LogP contribution in [0.15, 0.2) is 59.7 Å². The molecule has 0 spiro atoms. The molecule has 0 saturated carbocycles. The fourth-order valence-corrected chi connectivity index (χ4v) is 2.53. The zero-order valence-corrected chi connectivity index (χ0v) is 10.3. The number of aromatic amines is 1. The number of H-pyrrole nitrogens is 1. The van der Waals surface area contributed by atoms with Crippen LogP contribution in [-0.4, -0.2) is 11.2 Å². The fraction of sp³-hybridized carbons (Fsp3) is 0. The zero-order chi connectivity index (χ0) is 12.7. The summed E-state index contributed by atoms with van der Waals surface area (Å²) in [6.45, 7) is 0. The first-order valence-electron chi connectivity index (χ1n) is 6.33. The normalized spacial score (nSPS) is 15.3. The van der Waals surface area contributed by atoms with Gasteiger partial charge in [-0.1, -0.05) is 36.4 Å². The predicted octanol–water partition coefficient (Wildman–Crippen LogP) is 4.42. The Kier molecular flexibility index (Phi) is 2.15. The summed E-state index contributed by atoms with van der Waals surface area (Å²) in [7, 11) is 0. The van der Waals surface area contributed by atoms with Crippen molar-refractivity contribution in [2.75, 3.05) is 0 Å². The van der Waals surface area contributed by atoms with Crippen molar-refractivity contribution >= 4 is 34.5 Å². The smallest absolute Gasteiger partial charge is 0.0708 e. The first kappa shape index (κ1) is 10.3. The summed E-state index contributed by atoms with van der Waals surface area (Å²) >= 11 is 0. The third-order valence-electron chi connectivity index (χ3n) is 3.49. The standard InChI is InChI=1S/C17H12N2/c1-3-7-16-14(5-1)12(10-18-16)9-13-11-19-17-8-4-2-6-15(13)17/h1-11,18H/b13-9-. The second-order valence-corrected chi connectivity index (χ2v) is 4.66. The van der Waals surface area contributed by atoms with Crippen LogP contribution >= 0.6 is 0 Å². The number of aliphatic imine (C=N–C) groups is 1. The molecule has 0 amide bonds. The molecule has 4 rings (SSSR count). The van der Waals surface area contributed by atoms with Crippen molar-refractivity contribution in [3.8, 4) is 0 Å². The van der Waals surface area contributed by atoms with Crippen molar-refractivity contribution in [1.82, 2.24) is 4.98 Å². The van der Waals surface area contributed by atoms with Gasteiger partial charge in [0.05, 0.1) is 5.69 Å². The van der Waals surface area contributed by atoms with E-state index in [4.69, 9.17) is 0 Å². The quantitative estimate of drug-likeness (QED) is 0.656. The van der Waals surface area contributed by atoms with Crippen LogP contribution in [0.1, 0.15) is 11.1 Å². The minimum absolute atomic E-state index is 1.05. The van der Waals surface area contributed by atoms with Crippen LogP contribution in [-0.2, 0) is 0 Å². The molecule has 19 heavy (non-hydrogen) atoms. The van der Waals surface area contributed by atoms with E-state index in [0.717, 1.165) is 11.2 Å². The molecule has 0 aliphatic carbocycles. The second kappa shape index (κ2) is 3.95. The largest absolute Gasteiger partial charge is 0.361 e. The highest BCUT2D eigenvalue weighted by Crippen LogP contribution is 2.33. The Bertz CT molecular complexity index is 822. The van der Waals surface area contributed by atoms with E-state index in [1.807, 2.05) is 30.6 Å². The highest BCUT2D eigenvalue weighted by molar-refractivity contribution is 6.22. The average molecular weight is 244 g/mol. The number of rotatable bonds is 1. The molecule has 1 aliphatic rings. The van der Waals surface area contributed by atoms with Crippen molar-refractivity contribution in [3.05, 3.63) is 65.9 Å². The molecule has 2 aromatic carbocycles. The molecule has 3 aromatic rings. The molecule has 1 N–H and O–H groups in total. The number of allylic oxidation sites excluding steroid dienone is 1. The number of fused-ring (bicyclic) bond motifs is 2. The summed E-state index contributed by atoms with van der Waals surface area (Å²) in [6, 6.07) is 16.6. The summed E-state index contributed by atoms with van der Waals surface area (Å²) in [6.07, 6.45) is 6.17. The van der Waals surface area contributed by atoms with Gasteiger partial charge in [-0.3, -0.25) is 4.99 Å². The SMILES string of the molecule is C1=Nc2ccccc2/C1=C\c1c[nH]c2ccccc12.